The Labute approximate surface area is 148 Å². The highest BCUT2D eigenvalue weighted by molar-refractivity contribution is 6.02. The topological polar surface area (TPSA) is 89.8 Å². The standard InChI is InChI=1S/C18H16FN5O2/c1-3-12-10-16(21-11(2)20-12)22-18(26)14-8-9-17(25)24(23-14)15-7-5-4-6-13(15)19/h4-10H,3H2,1-2H3,(H,20,21,22,26). The molecule has 2 aromatic heterocycles. The molecule has 7 nitrogen and oxygen atoms in total. The van der Waals surface area contributed by atoms with Gasteiger partial charge in [-0.25, -0.2) is 14.4 Å². The second-order valence-electron chi connectivity index (χ2n) is 5.52. The van der Waals surface area contributed by atoms with Crippen molar-refractivity contribution in [2.75, 3.05) is 5.32 Å². The number of aromatic nitrogens is 4. The predicted molar refractivity (Wildman–Crippen MR) is 93.9 cm³/mol. The van der Waals surface area contributed by atoms with Crippen LogP contribution >= 0.6 is 0 Å². The maximum atomic E-state index is 13.9. The zero-order chi connectivity index (χ0) is 18.7. The molecule has 0 fully saturated rings. The van der Waals surface area contributed by atoms with Gasteiger partial charge in [-0.1, -0.05) is 19.1 Å². The van der Waals surface area contributed by atoms with Gasteiger partial charge in [-0.15, -0.1) is 0 Å². The Morgan fingerprint density at radius 1 is 1.19 bits per heavy atom. The largest absolute Gasteiger partial charge is 0.305 e. The fraction of sp³-hybridized carbons (Fsp3) is 0.167. The van der Waals surface area contributed by atoms with Crippen LogP contribution in [0.3, 0.4) is 0 Å². The summed E-state index contributed by atoms with van der Waals surface area (Å²) >= 11 is 0. The lowest BCUT2D eigenvalue weighted by Crippen LogP contribution is -2.25. The van der Waals surface area contributed by atoms with E-state index in [-0.39, 0.29) is 11.4 Å². The van der Waals surface area contributed by atoms with E-state index in [4.69, 9.17) is 0 Å². The number of rotatable bonds is 4. The number of carbonyl (C=O) groups excluding carboxylic acids is 1. The van der Waals surface area contributed by atoms with Crippen LogP contribution in [0.1, 0.15) is 28.9 Å². The van der Waals surface area contributed by atoms with Gasteiger partial charge in [0.2, 0.25) is 0 Å². The summed E-state index contributed by atoms with van der Waals surface area (Å²) in [7, 11) is 0. The minimum atomic E-state index is -0.612. The molecule has 0 unspecified atom stereocenters. The highest BCUT2D eigenvalue weighted by atomic mass is 19.1. The molecule has 0 aliphatic heterocycles. The Morgan fingerprint density at radius 2 is 1.96 bits per heavy atom. The van der Waals surface area contributed by atoms with Gasteiger partial charge in [0, 0.05) is 17.8 Å². The van der Waals surface area contributed by atoms with Gasteiger partial charge < -0.3 is 5.32 Å². The van der Waals surface area contributed by atoms with Gasteiger partial charge in [0.25, 0.3) is 11.5 Å². The van der Waals surface area contributed by atoms with Crippen molar-refractivity contribution in [3.8, 4) is 5.69 Å². The van der Waals surface area contributed by atoms with E-state index in [1.807, 2.05) is 6.92 Å². The number of amides is 1. The first-order valence-electron chi connectivity index (χ1n) is 7.99. The summed E-state index contributed by atoms with van der Waals surface area (Å²) < 4.78 is 14.8. The quantitative estimate of drug-likeness (QED) is 0.777. The third-order valence-electron chi connectivity index (χ3n) is 3.61. The van der Waals surface area contributed by atoms with E-state index in [0.717, 1.165) is 16.4 Å². The summed E-state index contributed by atoms with van der Waals surface area (Å²) in [6, 6.07) is 9.82. The number of hydrogen-bond donors (Lipinski definition) is 1. The van der Waals surface area contributed by atoms with Crippen molar-refractivity contribution >= 4 is 11.7 Å². The maximum absolute atomic E-state index is 13.9. The molecule has 8 heteroatoms. The average Bonchev–Trinajstić information content (AvgIpc) is 2.62. The lowest BCUT2D eigenvalue weighted by molar-refractivity contribution is 0.102. The minimum absolute atomic E-state index is 0.0294. The van der Waals surface area contributed by atoms with E-state index in [2.05, 4.69) is 20.4 Å². The third kappa shape index (κ3) is 3.64. The van der Waals surface area contributed by atoms with Crippen LogP contribution in [0, 0.1) is 12.7 Å². The molecule has 3 aromatic rings. The Kier molecular flexibility index (Phi) is 4.83. The monoisotopic (exact) mass is 353 g/mol. The number of carbonyl (C=O) groups is 1. The predicted octanol–water partition coefficient (Wildman–Crippen LogP) is 2.28. The van der Waals surface area contributed by atoms with Crippen molar-refractivity contribution in [2.24, 2.45) is 0 Å². The van der Waals surface area contributed by atoms with Crippen LogP contribution in [-0.4, -0.2) is 25.7 Å². The Bertz CT molecular complexity index is 1030. The third-order valence-corrected chi connectivity index (χ3v) is 3.61. The number of nitrogens with zero attached hydrogens (tertiary/aromatic N) is 4. The van der Waals surface area contributed by atoms with Crippen molar-refractivity contribution in [3.05, 3.63) is 75.8 Å². The normalized spacial score (nSPS) is 10.6. The first-order valence-corrected chi connectivity index (χ1v) is 7.99. The van der Waals surface area contributed by atoms with Gasteiger partial charge in [-0.3, -0.25) is 9.59 Å². The molecule has 1 aromatic carbocycles. The van der Waals surface area contributed by atoms with E-state index >= 15 is 0 Å². The molecule has 0 aliphatic carbocycles. The summed E-state index contributed by atoms with van der Waals surface area (Å²) in [6.07, 6.45) is 0.697. The molecule has 0 spiro atoms. The zero-order valence-corrected chi connectivity index (χ0v) is 14.2. The van der Waals surface area contributed by atoms with Crippen molar-refractivity contribution in [2.45, 2.75) is 20.3 Å². The van der Waals surface area contributed by atoms with Crippen LogP contribution in [0.2, 0.25) is 0 Å². The average molecular weight is 353 g/mol. The van der Waals surface area contributed by atoms with Crippen LogP contribution in [-0.2, 0) is 6.42 Å². The van der Waals surface area contributed by atoms with Crippen LogP contribution in [0.15, 0.2) is 47.3 Å². The van der Waals surface area contributed by atoms with E-state index < -0.39 is 17.3 Å². The molecule has 0 aliphatic rings. The van der Waals surface area contributed by atoms with Gasteiger partial charge in [0.1, 0.15) is 28.8 Å². The minimum Gasteiger partial charge on any atom is -0.305 e. The van der Waals surface area contributed by atoms with Crippen molar-refractivity contribution < 1.29 is 9.18 Å². The van der Waals surface area contributed by atoms with Crippen molar-refractivity contribution in [1.82, 2.24) is 19.7 Å². The molecule has 0 atom stereocenters. The lowest BCUT2D eigenvalue weighted by Gasteiger charge is -2.09. The number of aryl methyl sites for hydroxylation is 2. The van der Waals surface area contributed by atoms with Gasteiger partial charge in [-0.2, -0.15) is 9.78 Å². The summed E-state index contributed by atoms with van der Waals surface area (Å²) in [5, 5.41) is 6.60. The molecule has 132 valence electrons. The summed E-state index contributed by atoms with van der Waals surface area (Å²) in [4.78, 5) is 32.9. The lowest BCUT2D eigenvalue weighted by atomic mass is 10.3. The summed E-state index contributed by atoms with van der Waals surface area (Å²) in [5.41, 5.74) is 0.176. The molecule has 0 saturated carbocycles. The smallest absolute Gasteiger partial charge is 0.277 e. The SMILES string of the molecule is CCc1cc(NC(=O)c2ccc(=O)n(-c3ccccc3F)n2)nc(C)n1. The maximum Gasteiger partial charge on any atom is 0.277 e. The van der Waals surface area contributed by atoms with E-state index in [1.54, 1.807) is 19.1 Å². The molecular weight excluding hydrogens is 337 g/mol. The molecule has 0 radical (unpaired) electrons. The fourth-order valence-corrected chi connectivity index (χ4v) is 2.38. The highest BCUT2D eigenvalue weighted by Gasteiger charge is 2.14. The number of benzene rings is 1. The second kappa shape index (κ2) is 7.22. The molecule has 26 heavy (non-hydrogen) atoms. The van der Waals surface area contributed by atoms with E-state index in [9.17, 15) is 14.0 Å². The van der Waals surface area contributed by atoms with Crippen LogP contribution < -0.4 is 10.9 Å². The molecule has 0 bridgehead atoms. The first-order chi connectivity index (χ1) is 12.5. The Balaban J connectivity index is 1.94. The van der Waals surface area contributed by atoms with Crippen LogP contribution in [0.4, 0.5) is 10.2 Å². The van der Waals surface area contributed by atoms with Crippen molar-refractivity contribution in [3.63, 3.8) is 0 Å². The molecule has 2 heterocycles. The fourth-order valence-electron chi connectivity index (χ4n) is 2.38. The Hall–Kier alpha value is -3.42. The molecule has 3 rings (SSSR count). The number of para-hydroxylation sites is 1. The summed E-state index contributed by atoms with van der Waals surface area (Å²) in [6.45, 7) is 3.67. The van der Waals surface area contributed by atoms with Crippen LogP contribution in [0.5, 0.6) is 0 Å². The van der Waals surface area contributed by atoms with Gasteiger partial charge in [0.05, 0.1) is 0 Å². The van der Waals surface area contributed by atoms with Gasteiger partial charge in [0.15, 0.2) is 0 Å². The van der Waals surface area contributed by atoms with Gasteiger partial charge in [-0.05, 0) is 31.5 Å². The van der Waals surface area contributed by atoms with Crippen molar-refractivity contribution in [1.29, 1.82) is 0 Å². The molecule has 1 amide bonds. The molecule has 0 saturated heterocycles. The van der Waals surface area contributed by atoms with Gasteiger partial charge >= 0.3 is 0 Å². The Morgan fingerprint density at radius 3 is 2.69 bits per heavy atom. The first kappa shape index (κ1) is 17.4. The number of halogens is 1. The number of hydrogen-bond acceptors (Lipinski definition) is 5. The molecule has 1 N–H and O–H groups in total. The second-order valence-corrected chi connectivity index (χ2v) is 5.52. The van der Waals surface area contributed by atoms with E-state index in [1.165, 1.54) is 24.3 Å². The zero-order valence-electron chi connectivity index (χ0n) is 14.2. The highest BCUT2D eigenvalue weighted by Crippen LogP contribution is 2.11. The van der Waals surface area contributed by atoms with Crippen LogP contribution in [0.25, 0.3) is 5.69 Å². The number of nitrogens with one attached hydrogen (secondary N) is 1. The number of anilines is 1. The molecular formula is C18H16FN5O2. The summed E-state index contributed by atoms with van der Waals surface area (Å²) in [5.74, 6) is -0.303. The van der Waals surface area contributed by atoms with E-state index in [0.29, 0.717) is 18.1 Å².